The third-order valence-corrected chi connectivity index (χ3v) is 3.66. The molecule has 16 heavy (non-hydrogen) atoms. The third kappa shape index (κ3) is 5.53. The van der Waals surface area contributed by atoms with Gasteiger partial charge < -0.3 is 0 Å². The molecule has 0 aliphatic heterocycles. The van der Waals surface area contributed by atoms with Crippen LogP contribution < -0.4 is 0 Å². The molecule has 0 heterocycles. The monoisotopic (exact) mass is 222 g/mol. The minimum atomic E-state index is 0. The summed E-state index contributed by atoms with van der Waals surface area (Å²) in [4.78, 5) is 0. The predicted octanol–water partition coefficient (Wildman–Crippen LogP) is 5.75. The Morgan fingerprint density at radius 3 is 2.69 bits per heavy atom. The fourth-order valence-corrected chi connectivity index (χ4v) is 2.37. The maximum absolute atomic E-state index is 2.45. The standard InChI is InChI=1S/C15H26.CH4/c1-12(2)6-5-7-14(4)15-10-8-13(3)9-11-15;/h6,8,14-15H,5,7,9-11H2,1-4H3;1H4/t14-,15?;/m1./s1. The van der Waals surface area contributed by atoms with E-state index in [9.17, 15) is 0 Å². The van der Waals surface area contributed by atoms with Crippen molar-refractivity contribution in [2.75, 3.05) is 0 Å². The molecule has 1 aliphatic rings. The molecule has 0 spiro atoms. The third-order valence-electron chi connectivity index (χ3n) is 3.66. The predicted molar refractivity (Wildman–Crippen MR) is 75.7 cm³/mol. The molecule has 0 nitrogen and oxygen atoms in total. The van der Waals surface area contributed by atoms with Gasteiger partial charge in [-0.3, -0.25) is 0 Å². The van der Waals surface area contributed by atoms with E-state index < -0.39 is 0 Å². The van der Waals surface area contributed by atoms with Gasteiger partial charge in [0.05, 0.1) is 0 Å². The summed E-state index contributed by atoms with van der Waals surface area (Å²) in [6.45, 7) is 9.08. The fraction of sp³-hybridized carbons (Fsp3) is 0.750. The molecule has 0 heteroatoms. The Hall–Kier alpha value is -0.520. The lowest BCUT2D eigenvalue weighted by Gasteiger charge is -2.26. The van der Waals surface area contributed by atoms with Crippen molar-refractivity contribution in [1.29, 1.82) is 0 Å². The van der Waals surface area contributed by atoms with Crippen molar-refractivity contribution in [3.63, 3.8) is 0 Å². The van der Waals surface area contributed by atoms with Crippen molar-refractivity contribution in [3.05, 3.63) is 23.3 Å². The molecular weight excluding hydrogens is 192 g/mol. The van der Waals surface area contributed by atoms with Gasteiger partial charge >= 0.3 is 0 Å². The Morgan fingerprint density at radius 2 is 2.19 bits per heavy atom. The second-order valence-electron chi connectivity index (χ2n) is 5.42. The summed E-state index contributed by atoms with van der Waals surface area (Å²) in [6.07, 6.45) is 11.5. The van der Waals surface area contributed by atoms with E-state index in [1.165, 1.54) is 37.7 Å². The van der Waals surface area contributed by atoms with Crippen LogP contribution in [0, 0.1) is 11.8 Å². The Morgan fingerprint density at radius 1 is 1.50 bits per heavy atom. The second kappa shape index (κ2) is 7.70. The first-order chi connectivity index (χ1) is 7.09. The first-order valence-corrected chi connectivity index (χ1v) is 6.38. The topological polar surface area (TPSA) is 0 Å². The van der Waals surface area contributed by atoms with E-state index in [-0.39, 0.29) is 7.43 Å². The zero-order valence-electron chi connectivity index (χ0n) is 10.8. The number of rotatable bonds is 4. The van der Waals surface area contributed by atoms with Crippen LogP contribution in [0.4, 0.5) is 0 Å². The lowest BCUT2D eigenvalue weighted by atomic mass is 9.80. The number of hydrogen-bond acceptors (Lipinski definition) is 0. The van der Waals surface area contributed by atoms with Crippen LogP contribution in [0.1, 0.15) is 67.2 Å². The van der Waals surface area contributed by atoms with Crippen molar-refractivity contribution >= 4 is 0 Å². The zero-order valence-corrected chi connectivity index (χ0v) is 10.8. The average Bonchev–Trinajstić information content (AvgIpc) is 2.18. The molecular formula is C16H30. The summed E-state index contributed by atoms with van der Waals surface area (Å²) >= 11 is 0. The van der Waals surface area contributed by atoms with Crippen molar-refractivity contribution in [2.45, 2.75) is 67.2 Å². The molecule has 1 rings (SSSR count). The number of hydrogen-bond donors (Lipinski definition) is 0. The molecule has 0 aromatic heterocycles. The van der Waals surface area contributed by atoms with Crippen molar-refractivity contribution in [3.8, 4) is 0 Å². The molecule has 0 bridgehead atoms. The highest BCUT2D eigenvalue weighted by molar-refractivity contribution is 5.03. The van der Waals surface area contributed by atoms with Gasteiger partial charge in [-0.1, -0.05) is 37.6 Å². The minimum Gasteiger partial charge on any atom is -0.0859 e. The van der Waals surface area contributed by atoms with E-state index in [0.717, 1.165) is 11.8 Å². The fourth-order valence-electron chi connectivity index (χ4n) is 2.37. The molecule has 1 aliphatic carbocycles. The maximum Gasteiger partial charge on any atom is -0.0317 e. The highest BCUT2D eigenvalue weighted by atomic mass is 14.2. The first-order valence-electron chi connectivity index (χ1n) is 6.38. The second-order valence-corrected chi connectivity index (χ2v) is 5.42. The van der Waals surface area contributed by atoms with Crippen LogP contribution in [0.2, 0.25) is 0 Å². The molecule has 0 aromatic rings. The summed E-state index contributed by atoms with van der Waals surface area (Å²) in [7, 11) is 0. The summed E-state index contributed by atoms with van der Waals surface area (Å²) in [5.74, 6) is 1.84. The Bertz CT molecular complexity index is 241. The van der Waals surface area contributed by atoms with Crippen LogP contribution in [-0.2, 0) is 0 Å². The molecule has 0 aromatic carbocycles. The van der Waals surface area contributed by atoms with Gasteiger partial charge in [0.1, 0.15) is 0 Å². The molecule has 0 amide bonds. The smallest absolute Gasteiger partial charge is 0.0317 e. The summed E-state index contributed by atoms with van der Waals surface area (Å²) in [5.41, 5.74) is 3.06. The van der Waals surface area contributed by atoms with Crippen LogP contribution in [-0.4, -0.2) is 0 Å². The van der Waals surface area contributed by atoms with Gasteiger partial charge in [0, 0.05) is 0 Å². The summed E-state index contributed by atoms with van der Waals surface area (Å²) in [5, 5.41) is 0. The van der Waals surface area contributed by atoms with Crippen molar-refractivity contribution in [1.82, 2.24) is 0 Å². The van der Waals surface area contributed by atoms with E-state index in [1.54, 1.807) is 5.57 Å². The van der Waals surface area contributed by atoms with E-state index >= 15 is 0 Å². The highest BCUT2D eigenvalue weighted by Crippen LogP contribution is 2.31. The highest BCUT2D eigenvalue weighted by Gasteiger charge is 2.18. The molecule has 0 saturated heterocycles. The van der Waals surface area contributed by atoms with Crippen LogP contribution in [0.5, 0.6) is 0 Å². The van der Waals surface area contributed by atoms with Gasteiger partial charge in [-0.05, 0) is 64.7 Å². The summed E-state index contributed by atoms with van der Waals surface area (Å²) < 4.78 is 0. The lowest BCUT2D eigenvalue weighted by molar-refractivity contribution is 0.312. The minimum absolute atomic E-state index is 0. The van der Waals surface area contributed by atoms with E-state index in [1.807, 2.05) is 0 Å². The van der Waals surface area contributed by atoms with Gasteiger partial charge in [-0.25, -0.2) is 0 Å². The molecule has 0 N–H and O–H groups in total. The van der Waals surface area contributed by atoms with Gasteiger partial charge in [0.2, 0.25) is 0 Å². The maximum atomic E-state index is 2.45. The SMILES string of the molecule is C.CC(C)=CCC[C@@H](C)C1CC=C(C)CC1. The van der Waals surface area contributed by atoms with E-state index in [4.69, 9.17) is 0 Å². The van der Waals surface area contributed by atoms with E-state index in [2.05, 4.69) is 39.8 Å². The molecule has 2 atom stereocenters. The molecule has 0 radical (unpaired) electrons. The number of allylic oxidation sites excluding steroid dienone is 4. The van der Waals surface area contributed by atoms with Crippen molar-refractivity contribution < 1.29 is 0 Å². The zero-order chi connectivity index (χ0) is 11.3. The first kappa shape index (κ1) is 15.5. The van der Waals surface area contributed by atoms with Gasteiger partial charge in [0.15, 0.2) is 0 Å². The van der Waals surface area contributed by atoms with Crippen LogP contribution in [0.25, 0.3) is 0 Å². The van der Waals surface area contributed by atoms with Crippen LogP contribution >= 0.6 is 0 Å². The quantitative estimate of drug-likeness (QED) is 0.531. The van der Waals surface area contributed by atoms with Gasteiger partial charge in [-0.2, -0.15) is 0 Å². The molecule has 0 fully saturated rings. The average molecular weight is 222 g/mol. The summed E-state index contributed by atoms with van der Waals surface area (Å²) in [6, 6.07) is 0. The van der Waals surface area contributed by atoms with Gasteiger partial charge in [-0.15, -0.1) is 0 Å². The molecule has 94 valence electrons. The normalized spacial score (nSPS) is 21.8. The molecule has 0 saturated carbocycles. The Balaban J connectivity index is 0.00000225. The van der Waals surface area contributed by atoms with Crippen LogP contribution in [0.3, 0.4) is 0 Å². The largest absolute Gasteiger partial charge is 0.0859 e. The van der Waals surface area contributed by atoms with E-state index in [0.29, 0.717) is 0 Å². The van der Waals surface area contributed by atoms with Crippen LogP contribution in [0.15, 0.2) is 23.3 Å². The van der Waals surface area contributed by atoms with Crippen molar-refractivity contribution in [2.24, 2.45) is 11.8 Å². The lowest BCUT2D eigenvalue weighted by Crippen LogP contribution is -2.14. The Labute approximate surface area is 103 Å². The Kier molecular flexibility index (Phi) is 7.45. The molecule has 1 unspecified atom stereocenters. The van der Waals surface area contributed by atoms with Gasteiger partial charge in [0.25, 0.3) is 0 Å².